The summed E-state index contributed by atoms with van der Waals surface area (Å²) in [6, 6.07) is 14.2. The van der Waals surface area contributed by atoms with E-state index in [0.29, 0.717) is 18.0 Å². The summed E-state index contributed by atoms with van der Waals surface area (Å²) in [4.78, 5) is 27.4. The largest absolute Gasteiger partial charge is 0.308 e. The number of amides is 2. The van der Waals surface area contributed by atoms with Gasteiger partial charge in [-0.25, -0.2) is 12.7 Å². The number of hydrogen-bond donors (Lipinski definition) is 0. The van der Waals surface area contributed by atoms with E-state index in [2.05, 4.69) is 6.92 Å². The molecule has 1 fully saturated rings. The lowest BCUT2D eigenvalue weighted by Gasteiger charge is -2.33. The molecule has 7 heteroatoms. The fourth-order valence-electron chi connectivity index (χ4n) is 4.00. The van der Waals surface area contributed by atoms with Gasteiger partial charge < -0.3 is 4.90 Å². The van der Waals surface area contributed by atoms with E-state index in [-0.39, 0.29) is 17.3 Å². The Bertz CT molecular complexity index is 1060. The van der Waals surface area contributed by atoms with Crippen molar-refractivity contribution in [3.05, 3.63) is 59.7 Å². The average molecular weight is 398 g/mol. The fourth-order valence-corrected chi connectivity index (χ4v) is 5.81. The average Bonchev–Trinajstić information content (AvgIpc) is 2.87. The van der Waals surface area contributed by atoms with Crippen molar-refractivity contribution in [2.24, 2.45) is 11.8 Å². The van der Waals surface area contributed by atoms with Crippen LogP contribution in [0.3, 0.4) is 0 Å². The zero-order chi connectivity index (χ0) is 20.1. The minimum absolute atomic E-state index is 0.196. The Morgan fingerprint density at radius 1 is 1.07 bits per heavy atom. The molecule has 0 saturated carbocycles. The molecule has 6 nitrogen and oxygen atoms in total. The highest BCUT2D eigenvalue weighted by Crippen LogP contribution is 2.32. The quantitative estimate of drug-likeness (QED) is 0.780. The molecular weight excluding hydrogens is 376 g/mol. The molecule has 2 atom stereocenters. The fraction of sp³-hybridized carbons (Fsp3) is 0.333. The molecule has 1 saturated heterocycles. The molecule has 2 aromatic rings. The van der Waals surface area contributed by atoms with Crippen molar-refractivity contribution in [3.63, 3.8) is 0 Å². The Labute approximate surface area is 164 Å². The standard InChI is InChI=1S/C21H22N2O4S/c1-14-10-16-6-3-4-9-19(16)22(12-14)21(25)17-7-5-8-18(11-17)23-20(24)15(2)13-28(23,26)27/h3-9,11,14-15H,10,12-13H2,1-2H3. The lowest BCUT2D eigenvalue weighted by Crippen LogP contribution is -2.39. The van der Waals surface area contributed by atoms with Crippen LogP contribution < -0.4 is 9.21 Å². The molecule has 146 valence electrons. The third-order valence-electron chi connectivity index (χ3n) is 5.28. The summed E-state index contributed by atoms with van der Waals surface area (Å²) >= 11 is 0. The summed E-state index contributed by atoms with van der Waals surface area (Å²) in [5.74, 6) is -1.12. The Morgan fingerprint density at radius 2 is 1.82 bits per heavy atom. The second kappa shape index (κ2) is 6.74. The van der Waals surface area contributed by atoms with Gasteiger partial charge in [-0.1, -0.05) is 38.1 Å². The summed E-state index contributed by atoms with van der Waals surface area (Å²) in [6.07, 6.45) is 0.915. The molecule has 2 aromatic carbocycles. The predicted octanol–water partition coefficient (Wildman–Crippen LogP) is 2.84. The van der Waals surface area contributed by atoms with Crippen LogP contribution in [-0.2, 0) is 21.2 Å². The van der Waals surface area contributed by atoms with Crippen molar-refractivity contribution < 1.29 is 18.0 Å². The lowest BCUT2D eigenvalue weighted by molar-refractivity contribution is -0.119. The van der Waals surface area contributed by atoms with Gasteiger partial charge in [0, 0.05) is 17.8 Å². The number of benzene rings is 2. The summed E-state index contributed by atoms with van der Waals surface area (Å²) in [7, 11) is -3.70. The highest BCUT2D eigenvalue weighted by atomic mass is 32.2. The van der Waals surface area contributed by atoms with Gasteiger partial charge in [-0.15, -0.1) is 0 Å². The topological polar surface area (TPSA) is 74.8 Å². The lowest BCUT2D eigenvalue weighted by atomic mass is 9.93. The Balaban J connectivity index is 1.71. The maximum atomic E-state index is 13.3. The maximum Gasteiger partial charge on any atom is 0.258 e. The van der Waals surface area contributed by atoms with Crippen LogP contribution in [0.5, 0.6) is 0 Å². The van der Waals surface area contributed by atoms with E-state index < -0.39 is 21.8 Å². The minimum Gasteiger partial charge on any atom is -0.308 e. The normalized spacial score (nSPS) is 23.6. The number of sulfonamides is 1. The highest BCUT2D eigenvalue weighted by molar-refractivity contribution is 7.94. The number of para-hydroxylation sites is 1. The van der Waals surface area contributed by atoms with Crippen LogP contribution >= 0.6 is 0 Å². The first-order valence-corrected chi connectivity index (χ1v) is 11.0. The summed E-state index contributed by atoms with van der Waals surface area (Å²) in [6.45, 7) is 4.29. The molecule has 0 aromatic heterocycles. The molecule has 0 N–H and O–H groups in total. The van der Waals surface area contributed by atoms with Crippen LogP contribution in [-0.4, -0.2) is 32.5 Å². The van der Waals surface area contributed by atoms with E-state index in [4.69, 9.17) is 0 Å². The van der Waals surface area contributed by atoms with Crippen molar-refractivity contribution in [2.75, 3.05) is 21.5 Å². The maximum absolute atomic E-state index is 13.3. The van der Waals surface area contributed by atoms with Crippen LogP contribution in [0.1, 0.15) is 29.8 Å². The molecule has 2 unspecified atom stereocenters. The smallest absolute Gasteiger partial charge is 0.258 e. The van der Waals surface area contributed by atoms with Crippen molar-refractivity contribution in [1.82, 2.24) is 0 Å². The van der Waals surface area contributed by atoms with Crippen molar-refractivity contribution in [1.29, 1.82) is 0 Å². The molecule has 28 heavy (non-hydrogen) atoms. The molecule has 0 spiro atoms. The van der Waals surface area contributed by atoms with E-state index in [1.807, 2.05) is 24.3 Å². The Kier molecular flexibility index (Phi) is 4.50. The summed E-state index contributed by atoms with van der Waals surface area (Å²) in [5.41, 5.74) is 2.59. The van der Waals surface area contributed by atoms with E-state index >= 15 is 0 Å². The van der Waals surface area contributed by atoms with Crippen LogP contribution in [0.2, 0.25) is 0 Å². The molecule has 0 aliphatic carbocycles. The molecule has 2 amide bonds. The van der Waals surface area contributed by atoms with Gasteiger partial charge in [0.15, 0.2) is 0 Å². The Hall–Kier alpha value is -2.67. The third-order valence-corrected chi connectivity index (χ3v) is 7.15. The molecule has 2 heterocycles. The number of hydrogen-bond acceptors (Lipinski definition) is 4. The first-order chi connectivity index (χ1) is 13.3. The van der Waals surface area contributed by atoms with Crippen molar-refractivity contribution in [3.8, 4) is 0 Å². The summed E-state index contributed by atoms with van der Waals surface area (Å²) < 4.78 is 25.6. The van der Waals surface area contributed by atoms with Crippen LogP contribution in [0, 0.1) is 11.8 Å². The van der Waals surface area contributed by atoms with Crippen molar-refractivity contribution >= 4 is 33.2 Å². The molecule has 0 bridgehead atoms. The van der Waals surface area contributed by atoms with Gasteiger partial charge >= 0.3 is 0 Å². The number of carbonyl (C=O) groups excluding carboxylic acids is 2. The number of rotatable bonds is 2. The predicted molar refractivity (Wildman–Crippen MR) is 108 cm³/mol. The van der Waals surface area contributed by atoms with Crippen molar-refractivity contribution in [2.45, 2.75) is 20.3 Å². The number of nitrogens with zero attached hydrogens (tertiary/aromatic N) is 2. The van der Waals surface area contributed by atoms with Gasteiger partial charge in [-0.05, 0) is 42.2 Å². The van der Waals surface area contributed by atoms with E-state index in [9.17, 15) is 18.0 Å². The molecule has 2 aliphatic rings. The molecular formula is C21H22N2O4S. The zero-order valence-electron chi connectivity index (χ0n) is 15.8. The number of fused-ring (bicyclic) bond motifs is 1. The SMILES string of the molecule is CC1Cc2ccccc2N(C(=O)c2cccc(N3C(=O)C(C)CS3(=O)=O)c2)C1. The first kappa shape index (κ1) is 18.7. The van der Waals surface area contributed by atoms with Gasteiger partial charge in [-0.3, -0.25) is 9.59 Å². The molecule has 4 rings (SSSR count). The van der Waals surface area contributed by atoms with Gasteiger partial charge in [0.05, 0.1) is 17.4 Å². The van der Waals surface area contributed by atoms with Crippen LogP contribution in [0.15, 0.2) is 48.5 Å². The van der Waals surface area contributed by atoms with Gasteiger partial charge in [-0.2, -0.15) is 0 Å². The second-order valence-corrected chi connectivity index (χ2v) is 9.55. The van der Waals surface area contributed by atoms with Crippen LogP contribution in [0.4, 0.5) is 11.4 Å². The Morgan fingerprint density at radius 3 is 2.54 bits per heavy atom. The molecule has 2 aliphatic heterocycles. The monoisotopic (exact) mass is 398 g/mol. The van der Waals surface area contributed by atoms with Gasteiger partial charge in [0.25, 0.3) is 5.91 Å². The van der Waals surface area contributed by atoms with Gasteiger partial charge in [0.1, 0.15) is 0 Å². The minimum atomic E-state index is -3.70. The zero-order valence-corrected chi connectivity index (χ0v) is 16.6. The van der Waals surface area contributed by atoms with E-state index in [0.717, 1.165) is 22.0 Å². The number of carbonyl (C=O) groups is 2. The summed E-state index contributed by atoms with van der Waals surface area (Å²) in [5, 5.41) is 0. The first-order valence-electron chi connectivity index (χ1n) is 9.34. The molecule has 0 radical (unpaired) electrons. The van der Waals surface area contributed by atoms with Crippen LogP contribution in [0.25, 0.3) is 0 Å². The highest BCUT2D eigenvalue weighted by Gasteiger charge is 2.42. The van der Waals surface area contributed by atoms with E-state index in [1.165, 1.54) is 6.07 Å². The second-order valence-electron chi connectivity index (χ2n) is 7.69. The van der Waals surface area contributed by atoms with Gasteiger partial charge in [0.2, 0.25) is 15.9 Å². The third kappa shape index (κ3) is 3.09. The van der Waals surface area contributed by atoms with E-state index in [1.54, 1.807) is 30.0 Å². The number of anilines is 2.